The number of morpholine rings is 1. The first-order valence-corrected chi connectivity index (χ1v) is 10.2. The quantitative estimate of drug-likeness (QED) is 0.740. The lowest BCUT2D eigenvalue weighted by molar-refractivity contribution is -0.121. The number of hydrogen-bond acceptors (Lipinski definition) is 6. The summed E-state index contributed by atoms with van der Waals surface area (Å²) < 4.78 is 11.1. The van der Waals surface area contributed by atoms with E-state index in [1.807, 2.05) is 49.1 Å². The van der Waals surface area contributed by atoms with Gasteiger partial charge in [0.15, 0.2) is 0 Å². The van der Waals surface area contributed by atoms with Crippen molar-refractivity contribution in [1.29, 1.82) is 0 Å². The second-order valence-corrected chi connectivity index (χ2v) is 8.43. The minimum Gasteiger partial charge on any atom is -0.465 e. The van der Waals surface area contributed by atoms with Gasteiger partial charge in [0.1, 0.15) is 14.9 Å². The molecule has 0 radical (unpaired) electrons. The lowest BCUT2D eigenvalue weighted by Crippen LogP contribution is -2.48. The zero-order chi connectivity index (χ0) is 20.3. The van der Waals surface area contributed by atoms with Gasteiger partial charge in [-0.2, -0.15) is 0 Å². The zero-order valence-corrected chi connectivity index (χ0v) is 17.6. The highest BCUT2D eigenvalue weighted by atomic mass is 35.5. The largest absolute Gasteiger partial charge is 0.465 e. The summed E-state index contributed by atoms with van der Waals surface area (Å²) in [7, 11) is 1.31. The molecule has 0 spiro atoms. The molecule has 2 atom stereocenters. The molecule has 2 aromatic rings. The molecular weight excluding hydrogens is 400 g/mol. The Morgan fingerprint density at radius 2 is 1.89 bits per heavy atom. The van der Waals surface area contributed by atoms with E-state index in [-0.39, 0.29) is 30.2 Å². The molecule has 1 aliphatic heterocycles. The average molecular weight is 423 g/mol. The average Bonchev–Trinajstić information content (AvgIpc) is 2.96. The fourth-order valence-electron chi connectivity index (χ4n) is 3.43. The molecule has 0 saturated carbocycles. The minimum atomic E-state index is -0.536. The Bertz CT molecular complexity index is 845. The number of halogens is 1. The lowest BCUT2D eigenvalue weighted by Gasteiger charge is -2.34. The van der Waals surface area contributed by atoms with E-state index in [1.54, 1.807) is 0 Å². The van der Waals surface area contributed by atoms with Crippen LogP contribution in [0.15, 0.2) is 30.3 Å². The molecule has 1 aromatic heterocycles. The molecule has 2 heterocycles. The number of nitrogens with one attached hydrogen (secondary N) is 1. The van der Waals surface area contributed by atoms with Gasteiger partial charge in [-0.05, 0) is 19.4 Å². The second-order valence-electron chi connectivity index (χ2n) is 6.81. The van der Waals surface area contributed by atoms with E-state index in [9.17, 15) is 9.59 Å². The number of amides is 1. The summed E-state index contributed by atoms with van der Waals surface area (Å²) in [5.74, 6) is -0.741. The highest BCUT2D eigenvalue weighted by Crippen LogP contribution is 2.43. The number of nitrogens with zero attached hydrogens (tertiary/aromatic N) is 1. The van der Waals surface area contributed by atoms with E-state index in [2.05, 4.69) is 5.32 Å². The van der Waals surface area contributed by atoms with Crippen molar-refractivity contribution in [3.63, 3.8) is 0 Å². The zero-order valence-electron chi connectivity index (χ0n) is 16.0. The van der Waals surface area contributed by atoms with Crippen molar-refractivity contribution >= 4 is 39.8 Å². The molecule has 1 saturated heterocycles. The number of methoxy groups -OCH3 is 1. The molecule has 1 amide bonds. The molecule has 150 valence electrons. The maximum absolute atomic E-state index is 12.6. The number of hydrogen-bond donors (Lipinski definition) is 1. The number of thiophene rings is 1. The molecule has 0 bridgehead atoms. The third kappa shape index (κ3) is 4.72. The summed E-state index contributed by atoms with van der Waals surface area (Å²) in [5, 5.41) is 3.24. The summed E-state index contributed by atoms with van der Waals surface area (Å²) in [5.41, 5.74) is 1.64. The number of esters is 1. The normalized spacial score (nSPS) is 20.0. The van der Waals surface area contributed by atoms with Gasteiger partial charge in [0.2, 0.25) is 5.91 Å². The molecule has 28 heavy (non-hydrogen) atoms. The van der Waals surface area contributed by atoms with Crippen LogP contribution in [0, 0.1) is 0 Å². The Morgan fingerprint density at radius 3 is 2.50 bits per heavy atom. The summed E-state index contributed by atoms with van der Waals surface area (Å²) >= 11 is 7.59. The van der Waals surface area contributed by atoms with Crippen LogP contribution in [0.4, 0.5) is 5.00 Å². The Balaban J connectivity index is 1.83. The SMILES string of the molecule is COC(=O)c1c(NC(=O)CN2C[C@@H](C)O[C@@H](C)C2)sc(Cl)c1-c1ccccc1. The van der Waals surface area contributed by atoms with Gasteiger partial charge in [-0.3, -0.25) is 9.69 Å². The van der Waals surface area contributed by atoms with Gasteiger partial charge in [-0.25, -0.2) is 4.79 Å². The molecule has 1 aromatic carbocycles. The van der Waals surface area contributed by atoms with E-state index in [0.717, 1.165) is 16.9 Å². The fraction of sp³-hybridized carbons (Fsp3) is 0.400. The number of ether oxygens (including phenoxy) is 2. The van der Waals surface area contributed by atoms with Gasteiger partial charge >= 0.3 is 5.97 Å². The summed E-state index contributed by atoms with van der Waals surface area (Å²) in [6.45, 7) is 5.56. The van der Waals surface area contributed by atoms with Crippen molar-refractivity contribution in [2.75, 3.05) is 32.1 Å². The first kappa shape index (κ1) is 20.8. The Labute approximate surface area is 173 Å². The maximum atomic E-state index is 12.6. The van der Waals surface area contributed by atoms with E-state index < -0.39 is 5.97 Å². The monoisotopic (exact) mass is 422 g/mol. The first-order valence-electron chi connectivity index (χ1n) is 9.02. The van der Waals surface area contributed by atoms with Gasteiger partial charge in [-0.15, -0.1) is 11.3 Å². The van der Waals surface area contributed by atoms with Crippen LogP contribution in [0.3, 0.4) is 0 Å². The van der Waals surface area contributed by atoms with Crippen LogP contribution in [0.2, 0.25) is 4.34 Å². The topological polar surface area (TPSA) is 67.9 Å². The van der Waals surface area contributed by atoms with Crippen LogP contribution in [-0.2, 0) is 14.3 Å². The van der Waals surface area contributed by atoms with Gasteiger partial charge in [-0.1, -0.05) is 41.9 Å². The highest BCUT2D eigenvalue weighted by Gasteiger charge is 2.28. The molecule has 0 aliphatic carbocycles. The molecule has 1 aliphatic rings. The van der Waals surface area contributed by atoms with Crippen LogP contribution < -0.4 is 5.32 Å². The van der Waals surface area contributed by atoms with Gasteiger partial charge in [0.25, 0.3) is 0 Å². The molecule has 3 rings (SSSR count). The third-order valence-corrected chi connectivity index (χ3v) is 5.75. The number of benzene rings is 1. The number of carbonyl (C=O) groups is 2. The van der Waals surface area contributed by atoms with E-state index in [1.165, 1.54) is 7.11 Å². The van der Waals surface area contributed by atoms with Crippen molar-refractivity contribution < 1.29 is 19.1 Å². The van der Waals surface area contributed by atoms with Crippen molar-refractivity contribution in [2.45, 2.75) is 26.1 Å². The van der Waals surface area contributed by atoms with E-state index in [0.29, 0.717) is 28.0 Å². The first-order chi connectivity index (χ1) is 13.4. The van der Waals surface area contributed by atoms with E-state index in [4.69, 9.17) is 21.1 Å². The summed E-state index contributed by atoms with van der Waals surface area (Å²) in [4.78, 5) is 27.1. The van der Waals surface area contributed by atoms with Crippen molar-refractivity contribution in [3.05, 3.63) is 40.2 Å². The van der Waals surface area contributed by atoms with Gasteiger partial charge in [0.05, 0.1) is 25.9 Å². The Kier molecular flexibility index (Phi) is 6.72. The molecule has 1 N–H and O–H groups in total. The molecule has 8 heteroatoms. The van der Waals surface area contributed by atoms with Gasteiger partial charge in [0, 0.05) is 18.7 Å². The van der Waals surface area contributed by atoms with Crippen LogP contribution in [0.1, 0.15) is 24.2 Å². The highest BCUT2D eigenvalue weighted by molar-refractivity contribution is 7.21. The molecular formula is C20H23ClN2O4S. The fourth-order valence-corrected chi connectivity index (χ4v) is 4.82. The molecule has 6 nitrogen and oxygen atoms in total. The van der Waals surface area contributed by atoms with Crippen molar-refractivity contribution in [3.8, 4) is 11.1 Å². The number of anilines is 1. The predicted octanol–water partition coefficient (Wildman–Crippen LogP) is 3.90. The summed E-state index contributed by atoms with van der Waals surface area (Å²) in [6, 6.07) is 9.34. The Hall–Kier alpha value is -1.93. The minimum absolute atomic E-state index is 0.0723. The van der Waals surface area contributed by atoms with Crippen molar-refractivity contribution in [2.24, 2.45) is 0 Å². The lowest BCUT2D eigenvalue weighted by atomic mass is 10.0. The molecule has 0 unspecified atom stereocenters. The van der Waals surface area contributed by atoms with Crippen LogP contribution in [-0.4, -0.2) is 55.7 Å². The summed E-state index contributed by atoms with van der Waals surface area (Å²) in [6.07, 6.45) is 0.145. The standard InChI is InChI=1S/C20H23ClN2O4S/c1-12-9-23(10-13(2)27-12)11-15(24)22-19-17(20(25)26-3)16(18(21)28-19)14-7-5-4-6-8-14/h4-8,12-13H,9-11H2,1-3H3,(H,22,24)/t12-,13+. The maximum Gasteiger partial charge on any atom is 0.341 e. The van der Waals surface area contributed by atoms with Crippen LogP contribution in [0.25, 0.3) is 11.1 Å². The molecule has 1 fully saturated rings. The van der Waals surface area contributed by atoms with E-state index >= 15 is 0 Å². The second kappa shape index (κ2) is 9.05. The number of rotatable bonds is 5. The predicted molar refractivity (Wildman–Crippen MR) is 111 cm³/mol. The van der Waals surface area contributed by atoms with Crippen LogP contribution >= 0.6 is 22.9 Å². The van der Waals surface area contributed by atoms with Crippen LogP contribution in [0.5, 0.6) is 0 Å². The third-order valence-electron chi connectivity index (χ3n) is 4.43. The van der Waals surface area contributed by atoms with Gasteiger partial charge < -0.3 is 14.8 Å². The smallest absolute Gasteiger partial charge is 0.341 e. The Morgan fingerprint density at radius 1 is 1.25 bits per heavy atom. The number of carbonyl (C=O) groups excluding carboxylic acids is 2. The van der Waals surface area contributed by atoms with Crippen molar-refractivity contribution in [1.82, 2.24) is 4.90 Å².